The van der Waals surface area contributed by atoms with Crippen LogP contribution in [0.25, 0.3) is 11.0 Å². The molecule has 13 heteroatoms. The van der Waals surface area contributed by atoms with Crippen LogP contribution in [-0.2, 0) is 31.6 Å². The molecule has 0 atom stereocenters. The maximum atomic E-state index is 12.1. The lowest BCUT2D eigenvalue weighted by molar-refractivity contribution is -0.151. The third kappa shape index (κ3) is 4.22. The van der Waals surface area contributed by atoms with Crippen LogP contribution in [0.5, 0.6) is 0 Å². The largest absolute Gasteiger partial charge is 0.469 e. The molecule has 1 saturated heterocycles. The zero-order valence-corrected chi connectivity index (χ0v) is 20.2. The molecule has 0 amide bonds. The Morgan fingerprint density at radius 1 is 1.35 bits per heavy atom. The first-order valence-electron chi connectivity index (χ1n) is 10.5. The van der Waals surface area contributed by atoms with Crippen LogP contribution in [0.15, 0.2) is 31.0 Å². The summed E-state index contributed by atoms with van der Waals surface area (Å²) in [6, 6.07) is 4.00. The first-order valence-corrected chi connectivity index (χ1v) is 12.4. The molecule has 0 unspecified atom stereocenters. The van der Waals surface area contributed by atoms with E-state index in [0.717, 1.165) is 11.6 Å². The van der Waals surface area contributed by atoms with Gasteiger partial charge in [0.25, 0.3) is 0 Å². The summed E-state index contributed by atoms with van der Waals surface area (Å²) in [5.74, 6) is 0.241. The molecule has 0 bridgehead atoms. The van der Waals surface area contributed by atoms with Gasteiger partial charge in [0.1, 0.15) is 23.3 Å². The summed E-state index contributed by atoms with van der Waals surface area (Å²) < 4.78 is 33.4. The van der Waals surface area contributed by atoms with Crippen molar-refractivity contribution >= 4 is 38.5 Å². The molecule has 12 nitrogen and oxygen atoms in total. The van der Waals surface area contributed by atoms with Gasteiger partial charge in [-0.25, -0.2) is 18.4 Å². The molecule has 0 radical (unpaired) electrons. The highest BCUT2D eigenvalue weighted by molar-refractivity contribution is 7.88. The molecule has 0 aliphatic carbocycles. The number of hydrogen-bond acceptors (Lipinski definition) is 9. The third-order valence-electron chi connectivity index (χ3n) is 6.01. The molecule has 3 aromatic heterocycles. The van der Waals surface area contributed by atoms with Gasteiger partial charge in [0.2, 0.25) is 10.0 Å². The number of anilines is 2. The highest BCUT2D eigenvalue weighted by atomic mass is 32.2. The van der Waals surface area contributed by atoms with Crippen molar-refractivity contribution < 1.29 is 17.9 Å². The second-order valence-corrected chi connectivity index (χ2v) is 11.1. The SMILES string of the molecule is COC(=O)C(C)(C)Cn1ccc2c(Nc3cnn(C4(CC#N)CN(S(C)(=O)=O)C4)c3)ncnc21. The number of fused-ring (bicyclic) bond motifs is 1. The lowest BCUT2D eigenvalue weighted by Gasteiger charge is -2.47. The molecular weight excluding hydrogens is 460 g/mol. The Labute approximate surface area is 197 Å². The fourth-order valence-corrected chi connectivity index (χ4v) is 5.06. The quantitative estimate of drug-likeness (QED) is 0.467. The minimum Gasteiger partial charge on any atom is -0.469 e. The number of ether oxygens (including phenoxy) is 1. The number of rotatable bonds is 8. The van der Waals surface area contributed by atoms with Crippen LogP contribution in [0, 0.1) is 16.7 Å². The summed E-state index contributed by atoms with van der Waals surface area (Å²) in [5, 5.41) is 17.7. The molecule has 1 N–H and O–H groups in total. The number of sulfonamides is 1. The number of nitriles is 1. The monoisotopic (exact) mass is 486 g/mol. The first kappa shape index (κ1) is 23.7. The summed E-state index contributed by atoms with van der Waals surface area (Å²) in [6.07, 6.45) is 7.91. The van der Waals surface area contributed by atoms with Crippen LogP contribution in [0.2, 0.25) is 0 Å². The Kier molecular flexibility index (Phi) is 5.82. The van der Waals surface area contributed by atoms with Gasteiger partial charge in [-0.3, -0.25) is 9.48 Å². The number of carbonyl (C=O) groups is 1. The van der Waals surface area contributed by atoms with Crippen LogP contribution in [0.4, 0.5) is 11.5 Å². The lowest BCUT2D eigenvalue weighted by atomic mass is 9.89. The van der Waals surface area contributed by atoms with E-state index in [1.54, 1.807) is 17.1 Å². The van der Waals surface area contributed by atoms with Crippen LogP contribution in [-0.4, -0.2) is 69.5 Å². The Balaban J connectivity index is 1.57. The molecular formula is C21H26N8O4S. The number of aromatic nitrogens is 5. The van der Waals surface area contributed by atoms with Crippen molar-refractivity contribution in [2.45, 2.75) is 32.4 Å². The smallest absolute Gasteiger partial charge is 0.313 e. The molecule has 0 spiro atoms. The van der Waals surface area contributed by atoms with Crippen molar-refractivity contribution in [2.75, 3.05) is 31.8 Å². The molecule has 180 valence electrons. The van der Waals surface area contributed by atoms with Gasteiger partial charge in [-0.2, -0.15) is 14.7 Å². The predicted octanol–water partition coefficient (Wildman–Crippen LogP) is 1.45. The standard InChI is InChI=1S/C21H26N8O4S/c1-20(2,19(30)33-3)11-27-8-5-16-17(23-14-24-18(16)27)26-15-9-25-29(10-15)21(6-7-22)12-28(13-21)34(4,31)32/h5,8-10,14H,6,11-13H2,1-4H3,(H,23,24,26). The highest BCUT2D eigenvalue weighted by Gasteiger charge is 2.49. The number of nitrogens with zero attached hydrogens (tertiary/aromatic N) is 7. The maximum absolute atomic E-state index is 12.1. The average Bonchev–Trinajstić information content (AvgIpc) is 3.37. The molecule has 0 saturated carbocycles. The van der Waals surface area contributed by atoms with E-state index in [2.05, 4.69) is 26.5 Å². The molecule has 34 heavy (non-hydrogen) atoms. The van der Waals surface area contributed by atoms with E-state index >= 15 is 0 Å². The second-order valence-electron chi connectivity index (χ2n) is 9.17. The molecule has 4 rings (SSSR count). The second kappa shape index (κ2) is 8.37. The van der Waals surface area contributed by atoms with E-state index in [-0.39, 0.29) is 25.5 Å². The zero-order chi connectivity index (χ0) is 24.7. The van der Waals surface area contributed by atoms with Gasteiger partial charge in [-0.15, -0.1) is 0 Å². The number of nitrogens with one attached hydrogen (secondary N) is 1. The van der Waals surface area contributed by atoms with E-state index in [1.165, 1.54) is 17.7 Å². The summed E-state index contributed by atoms with van der Waals surface area (Å²) in [4.78, 5) is 20.8. The first-order chi connectivity index (χ1) is 16.0. The highest BCUT2D eigenvalue weighted by Crippen LogP contribution is 2.35. The average molecular weight is 487 g/mol. The van der Waals surface area contributed by atoms with E-state index in [9.17, 15) is 18.5 Å². The van der Waals surface area contributed by atoms with Gasteiger partial charge in [-0.05, 0) is 19.9 Å². The van der Waals surface area contributed by atoms with Gasteiger partial charge in [0.05, 0.1) is 48.5 Å². The van der Waals surface area contributed by atoms with E-state index in [1.807, 2.05) is 30.7 Å². The summed E-state index contributed by atoms with van der Waals surface area (Å²) >= 11 is 0. The van der Waals surface area contributed by atoms with Gasteiger partial charge >= 0.3 is 5.97 Å². The van der Waals surface area contributed by atoms with Gasteiger partial charge < -0.3 is 14.6 Å². The van der Waals surface area contributed by atoms with Crippen molar-refractivity contribution in [3.63, 3.8) is 0 Å². The number of methoxy groups -OCH3 is 1. The van der Waals surface area contributed by atoms with E-state index < -0.39 is 21.0 Å². The Hall–Kier alpha value is -3.50. The third-order valence-corrected chi connectivity index (χ3v) is 7.21. The van der Waals surface area contributed by atoms with Crippen LogP contribution in [0.3, 0.4) is 0 Å². The fourth-order valence-electron chi connectivity index (χ4n) is 4.11. The number of hydrogen-bond donors (Lipinski definition) is 1. The zero-order valence-electron chi connectivity index (χ0n) is 19.4. The molecule has 1 aliphatic heterocycles. The van der Waals surface area contributed by atoms with Crippen molar-refractivity contribution in [1.82, 2.24) is 28.6 Å². The van der Waals surface area contributed by atoms with Gasteiger partial charge in [0.15, 0.2) is 0 Å². The lowest BCUT2D eigenvalue weighted by Crippen LogP contribution is -2.63. The Morgan fingerprint density at radius 3 is 2.74 bits per heavy atom. The van der Waals surface area contributed by atoms with Crippen molar-refractivity contribution in [2.24, 2.45) is 5.41 Å². The summed E-state index contributed by atoms with van der Waals surface area (Å²) in [7, 11) is -1.96. The van der Waals surface area contributed by atoms with Crippen LogP contribution in [0.1, 0.15) is 20.3 Å². The van der Waals surface area contributed by atoms with Crippen molar-refractivity contribution in [3.8, 4) is 6.07 Å². The molecule has 1 aliphatic rings. The molecule has 1 fully saturated rings. The number of esters is 1. The molecule has 4 heterocycles. The topological polar surface area (TPSA) is 148 Å². The Morgan fingerprint density at radius 2 is 2.09 bits per heavy atom. The van der Waals surface area contributed by atoms with E-state index in [0.29, 0.717) is 23.7 Å². The fraction of sp³-hybridized carbons (Fsp3) is 0.476. The molecule has 0 aromatic carbocycles. The van der Waals surface area contributed by atoms with Crippen molar-refractivity contribution in [1.29, 1.82) is 5.26 Å². The number of carbonyl (C=O) groups excluding carboxylic acids is 1. The van der Waals surface area contributed by atoms with Crippen LogP contribution < -0.4 is 5.32 Å². The maximum Gasteiger partial charge on any atom is 0.313 e. The van der Waals surface area contributed by atoms with Gasteiger partial charge in [-0.1, -0.05) is 0 Å². The summed E-state index contributed by atoms with van der Waals surface area (Å²) in [6.45, 7) is 4.38. The van der Waals surface area contributed by atoms with Crippen molar-refractivity contribution in [3.05, 3.63) is 31.0 Å². The minimum absolute atomic E-state index is 0.136. The normalized spacial score (nSPS) is 16.1. The Bertz CT molecular complexity index is 1380. The van der Waals surface area contributed by atoms with Crippen LogP contribution >= 0.6 is 0 Å². The van der Waals surface area contributed by atoms with E-state index in [4.69, 9.17) is 4.74 Å². The molecule has 3 aromatic rings. The minimum atomic E-state index is -3.33. The summed E-state index contributed by atoms with van der Waals surface area (Å²) in [5.41, 5.74) is -0.150. The predicted molar refractivity (Wildman–Crippen MR) is 123 cm³/mol. The van der Waals surface area contributed by atoms with Gasteiger partial charge in [0, 0.05) is 32.0 Å².